The average molecular weight is 404 g/mol. The quantitative estimate of drug-likeness (QED) is 0.794. The number of piperidine rings is 1. The standard InChI is InChI=1S/C21H26ClN3O3/c1-21(2,3)28-20(27)25-17(16-9-4-7-14(13-26)24-16)10-5-11-18(25)19-15(22)8-6-12-23-19/h4,6-9,12,17-18,26H,5,10-11,13H2,1-3H3/t17?,18-/m0/s1. The molecule has 3 heterocycles. The van der Waals surface area contributed by atoms with Crippen molar-refractivity contribution < 1.29 is 14.6 Å². The number of hydrogen-bond acceptors (Lipinski definition) is 5. The number of rotatable bonds is 3. The van der Waals surface area contributed by atoms with Crippen LogP contribution in [-0.2, 0) is 11.3 Å². The van der Waals surface area contributed by atoms with Crippen LogP contribution in [0.15, 0.2) is 36.5 Å². The van der Waals surface area contributed by atoms with Crippen LogP contribution in [0.25, 0.3) is 0 Å². The summed E-state index contributed by atoms with van der Waals surface area (Å²) in [6.45, 7) is 5.38. The number of aliphatic hydroxyl groups excluding tert-OH is 1. The van der Waals surface area contributed by atoms with E-state index >= 15 is 0 Å². The van der Waals surface area contributed by atoms with Gasteiger partial charge in [0.05, 0.1) is 40.8 Å². The zero-order chi connectivity index (χ0) is 20.3. The molecule has 1 fully saturated rings. The Labute approximate surface area is 170 Å². The highest BCUT2D eigenvalue weighted by Gasteiger charge is 2.40. The van der Waals surface area contributed by atoms with E-state index in [-0.39, 0.29) is 18.7 Å². The third kappa shape index (κ3) is 4.62. The van der Waals surface area contributed by atoms with Crippen LogP contribution < -0.4 is 0 Å². The number of likely N-dealkylation sites (tertiary alicyclic amines) is 1. The Balaban J connectivity index is 2.04. The van der Waals surface area contributed by atoms with Gasteiger partial charge >= 0.3 is 6.09 Å². The highest BCUT2D eigenvalue weighted by atomic mass is 35.5. The van der Waals surface area contributed by atoms with Gasteiger partial charge in [-0.25, -0.2) is 4.79 Å². The van der Waals surface area contributed by atoms with Crippen molar-refractivity contribution >= 4 is 17.7 Å². The first-order valence-corrected chi connectivity index (χ1v) is 9.86. The third-order valence-corrected chi connectivity index (χ3v) is 4.98. The van der Waals surface area contributed by atoms with Crippen LogP contribution in [0.2, 0.25) is 5.02 Å². The molecule has 0 radical (unpaired) electrons. The summed E-state index contributed by atoms with van der Waals surface area (Å²) < 4.78 is 5.72. The van der Waals surface area contributed by atoms with E-state index in [2.05, 4.69) is 9.97 Å². The van der Waals surface area contributed by atoms with Gasteiger partial charge in [-0.05, 0) is 64.3 Å². The van der Waals surface area contributed by atoms with E-state index in [4.69, 9.17) is 16.3 Å². The van der Waals surface area contributed by atoms with Gasteiger partial charge in [0.25, 0.3) is 0 Å². The van der Waals surface area contributed by atoms with Crippen molar-refractivity contribution in [2.24, 2.45) is 0 Å². The highest BCUT2D eigenvalue weighted by Crippen LogP contribution is 2.43. The van der Waals surface area contributed by atoms with Crippen LogP contribution in [0.4, 0.5) is 4.79 Å². The summed E-state index contributed by atoms with van der Waals surface area (Å²) in [5, 5.41) is 9.99. The van der Waals surface area contributed by atoms with Gasteiger partial charge in [-0.15, -0.1) is 0 Å². The van der Waals surface area contributed by atoms with Crippen molar-refractivity contribution in [3.63, 3.8) is 0 Å². The summed E-state index contributed by atoms with van der Waals surface area (Å²) in [5.74, 6) is 0. The first-order valence-electron chi connectivity index (χ1n) is 9.48. The largest absolute Gasteiger partial charge is 0.444 e. The number of aromatic nitrogens is 2. The van der Waals surface area contributed by atoms with Gasteiger partial charge in [-0.1, -0.05) is 17.7 Å². The molecule has 1 saturated heterocycles. The molecule has 2 atom stereocenters. The number of hydrogen-bond donors (Lipinski definition) is 1. The van der Waals surface area contributed by atoms with Crippen LogP contribution in [0.5, 0.6) is 0 Å². The number of pyridine rings is 2. The molecule has 0 aromatic carbocycles. The van der Waals surface area contributed by atoms with Gasteiger partial charge in [-0.3, -0.25) is 14.9 Å². The zero-order valence-corrected chi connectivity index (χ0v) is 17.2. The maximum Gasteiger partial charge on any atom is 0.411 e. The minimum Gasteiger partial charge on any atom is -0.444 e. The third-order valence-electron chi connectivity index (χ3n) is 4.67. The second-order valence-electron chi connectivity index (χ2n) is 7.93. The number of carbonyl (C=O) groups is 1. The smallest absolute Gasteiger partial charge is 0.411 e. The zero-order valence-electron chi connectivity index (χ0n) is 16.4. The number of halogens is 1. The van der Waals surface area contributed by atoms with Crippen LogP contribution in [-0.4, -0.2) is 31.7 Å². The lowest BCUT2D eigenvalue weighted by molar-refractivity contribution is -0.00796. The van der Waals surface area contributed by atoms with E-state index in [1.54, 1.807) is 29.3 Å². The summed E-state index contributed by atoms with van der Waals surface area (Å²) in [6.07, 6.45) is 3.66. The molecule has 2 aromatic rings. The lowest BCUT2D eigenvalue weighted by Gasteiger charge is -2.42. The summed E-state index contributed by atoms with van der Waals surface area (Å²) >= 11 is 6.41. The molecular weight excluding hydrogens is 378 g/mol. The Morgan fingerprint density at radius 3 is 2.68 bits per heavy atom. The highest BCUT2D eigenvalue weighted by molar-refractivity contribution is 6.31. The van der Waals surface area contributed by atoms with Crippen molar-refractivity contribution in [3.05, 3.63) is 58.6 Å². The Hall–Kier alpha value is -2.18. The molecule has 1 unspecified atom stereocenters. The Morgan fingerprint density at radius 1 is 1.25 bits per heavy atom. The van der Waals surface area contributed by atoms with Gasteiger partial charge in [0.15, 0.2) is 0 Å². The molecule has 1 amide bonds. The minimum absolute atomic E-state index is 0.150. The second-order valence-corrected chi connectivity index (χ2v) is 8.34. The first kappa shape index (κ1) is 20.6. The van der Waals surface area contributed by atoms with Crippen molar-refractivity contribution in [2.75, 3.05) is 0 Å². The summed E-state index contributed by atoms with van der Waals surface area (Å²) in [5.41, 5.74) is 1.34. The molecular formula is C21H26ClN3O3. The number of aliphatic hydroxyl groups is 1. The summed E-state index contributed by atoms with van der Waals surface area (Å²) in [7, 11) is 0. The minimum atomic E-state index is -0.627. The molecule has 7 heteroatoms. The van der Waals surface area contributed by atoms with E-state index in [0.717, 1.165) is 25.0 Å². The Morgan fingerprint density at radius 2 is 2.00 bits per heavy atom. The number of ether oxygens (including phenoxy) is 1. The van der Waals surface area contributed by atoms with Crippen LogP contribution in [0.1, 0.15) is 69.2 Å². The molecule has 0 saturated carbocycles. The lowest BCUT2D eigenvalue weighted by atomic mass is 9.91. The monoisotopic (exact) mass is 403 g/mol. The van der Waals surface area contributed by atoms with Gasteiger partial charge in [-0.2, -0.15) is 0 Å². The van der Waals surface area contributed by atoms with Crippen molar-refractivity contribution in [1.82, 2.24) is 14.9 Å². The van der Waals surface area contributed by atoms with E-state index < -0.39 is 11.7 Å². The Kier molecular flexibility index (Phi) is 6.20. The predicted octanol–water partition coefficient (Wildman–Crippen LogP) is 4.83. The molecule has 1 aliphatic rings. The fraction of sp³-hybridized carbons (Fsp3) is 0.476. The molecule has 150 valence electrons. The van der Waals surface area contributed by atoms with Crippen molar-refractivity contribution in [3.8, 4) is 0 Å². The molecule has 6 nitrogen and oxygen atoms in total. The number of nitrogens with zero attached hydrogens (tertiary/aromatic N) is 3. The lowest BCUT2D eigenvalue weighted by Crippen LogP contribution is -2.44. The predicted molar refractivity (Wildman–Crippen MR) is 107 cm³/mol. The normalized spacial score (nSPS) is 20.1. The fourth-order valence-electron chi connectivity index (χ4n) is 3.54. The average Bonchev–Trinajstić information content (AvgIpc) is 2.66. The van der Waals surface area contributed by atoms with Gasteiger partial charge in [0.1, 0.15) is 5.60 Å². The molecule has 1 N–H and O–H groups in total. The van der Waals surface area contributed by atoms with Gasteiger partial charge in [0.2, 0.25) is 0 Å². The maximum absolute atomic E-state index is 13.2. The SMILES string of the molecule is CC(C)(C)OC(=O)N1C(c2cccc(CO)n2)CCC[C@H]1c1ncccc1Cl. The first-order chi connectivity index (χ1) is 13.3. The van der Waals surface area contributed by atoms with Crippen molar-refractivity contribution in [2.45, 2.75) is 64.3 Å². The maximum atomic E-state index is 13.2. The van der Waals surface area contributed by atoms with Crippen LogP contribution >= 0.6 is 11.6 Å². The molecule has 2 aromatic heterocycles. The van der Waals surface area contributed by atoms with Crippen LogP contribution in [0.3, 0.4) is 0 Å². The molecule has 0 spiro atoms. The van der Waals surface area contributed by atoms with E-state index in [0.29, 0.717) is 16.4 Å². The summed E-state index contributed by atoms with van der Waals surface area (Å²) in [4.78, 5) is 23.9. The number of amides is 1. The number of carbonyl (C=O) groups excluding carboxylic acids is 1. The molecule has 0 aliphatic carbocycles. The van der Waals surface area contributed by atoms with Gasteiger partial charge in [0, 0.05) is 6.20 Å². The van der Waals surface area contributed by atoms with E-state index in [1.807, 2.05) is 32.9 Å². The van der Waals surface area contributed by atoms with E-state index in [9.17, 15) is 9.90 Å². The molecule has 0 bridgehead atoms. The fourth-order valence-corrected chi connectivity index (χ4v) is 3.79. The summed E-state index contributed by atoms with van der Waals surface area (Å²) in [6, 6.07) is 8.46. The van der Waals surface area contributed by atoms with Gasteiger partial charge < -0.3 is 9.84 Å². The van der Waals surface area contributed by atoms with Crippen molar-refractivity contribution in [1.29, 1.82) is 0 Å². The van der Waals surface area contributed by atoms with Crippen LogP contribution in [0, 0.1) is 0 Å². The Bertz CT molecular complexity index is 838. The topological polar surface area (TPSA) is 75.5 Å². The molecule has 3 rings (SSSR count). The molecule has 28 heavy (non-hydrogen) atoms. The molecule has 1 aliphatic heterocycles. The van der Waals surface area contributed by atoms with E-state index in [1.165, 1.54) is 0 Å². The second kappa shape index (κ2) is 8.45.